The van der Waals surface area contributed by atoms with Crippen LogP contribution >= 0.6 is 23.6 Å². The van der Waals surface area contributed by atoms with Gasteiger partial charge in [-0.3, -0.25) is 4.79 Å². The number of nitrogens with one attached hydrogen (secondary N) is 1. The van der Waals surface area contributed by atoms with Gasteiger partial charge in [-0.15, -0.1) is 11.3 Å². The normalized spacial score (nSPS) is 26.9. The van der Waals surface area contributed by atoms with Crippen molar-refractivity contribution in [1.29, 1.82) is 0 Å². The molecule has 3 nitrogen and oxygen atoms in total. The molecule has 1 amide bonds. The molecule has 1 heterocycles. The molecule has 1 saturated carbocycles. The molecule has 0 unspecified atom stereocenters. The maximum Gasteiger partial charge on any atom is 0.226 e. The van der Waals surface area contributed by atoms with Crippen LogP contribution in [-0.4, -0.2) is 16.4 Å². The lowest BCUT2D eigenvalue weighted by Gasteiger charge is -2.39. The molecule has 104 valence electrons. The van der Waals surface area contributed by atoms with E-state index in [0.717, 1.165) is 30.6 Å². The molecule has 1 aromatic heterocycles. The van der Waals surface area contributed by atoms with E-state index in [1.807, 2.05) is 17.5 Å². The van der Waals surface area contributed by atoms with E-state index in [2.05, 4.69) is 12.2 Å². The molecule has 0 atom stereocenters. The monoisotopic (exact) mass is 296 g/mol. The van der Waals surface area contributed by atoms with Gasteiger partial charge in [0.2, 0.25) is 5.91 Å². The first-order valence-electron chi connectivity index (χ1n) is 6.65. The smallest absolute Gasteiger partial charge is 0.226 e. The highest BCUT2D eigenvalue weighted by Crippen LogP contribution is 2.32. The second kappa shape index (κ2) is 6.01. The highest BCUT2D eigenvalue weighted by atomic mass is 32.1. The van der Waals surface area contributed by atoms with Crippen molar-refractivity contribution in [1.82, 2.24) is 5.32 Å². The Labute approximate surface area is 123 Å². The molecular formula is C14H20N2OS2. The van der Waals surface area contributed by atoms with E-state index in [9.17, 15) is 4.79 Å². The molecule has 19 heavy (non-hydrogen) atoms. The number of thiocarbonyl (C=S) groups is 1. The molecule has 2 rings (SSSR count). The molecule has 0 aliphatic heterocycles. The maximum atomic E-state index is 12.2. The van der Waals surface area contributed by atoms with Crippen LogP contribution in [0.25, 0.3) is 0 Å². The van der Waals surface area contributed by atoms with Gasteiger partial charge < -0.3 is 11.1 Å². The first-order valence-corrected chi connectivity index (χ1v) is 7.94. The number of nitrogens with two attached hydrogens (primary N) is 1. The predicted molar refractivity (Wildman–Crippen MR) is 83.3 cm³/mol. The fourth-order valence-electron chi connectivity index (χ4n) is 2.57. The van der Waals surface area contributed by atoms with Crippen molar-refractivity contribution in [3.05, 3.63) is 22.4 Å². The minimum absolute atomic E-state index is 0.0183. The van der Waals surface area contributed by atoms with Crippen LogP contribution in [0, 0.1) is 5.92 Å². The number of hydrogen-bond donors (Lipinski definition) is 2. The lowest BCUT2D eigenvalue weighted by atomic mass is 9.77. The molecule has 1 aliphatic rings. The second-order valence-corrected chi connectivity index (χ2v) is 6.91. The molecule has 1 aliphatic carbocycles. The van der Waals surface area contributed by atoms with Crippen LogP contribution in [-0.2, 0) is 11.2 Å². The quantitative estimate of drug-likeness (QED) is 0.840. The highest BCUT2D eigenvalue weighted by molar-refractivity contribution is 7.80. The third kappa shape index (κ3) is 3.54. The van der Waals surface area contributed by atoms with E-state index in [1.165, 1.54) is 0 Å². The van der Waals surface area contributed by atoms with Gasteiger partial charge in [-0.05, 0) is 43.0 Å². The Hall–Kier alpha value is -0.940. The Kier molecular flexibility index (Phi) is 4.58. The molecule has 0 saturated heterocycles. The first kappa shape index (κ1) is 14.5. The maximum absolute atomic E-state index is 12.2. The highest BCUT2D eigenvalue weighted by Gasteiger charge is 2.38. The van der Waals surface area contributed by atoms with E-state index < -0.39 is 5.54 Å². The lowest BCUT2D eigenvalue weighted by molar-refractivity contribution is -0.122. The van der Waals surface area contributed by atoms with Gasteiger partial charge in [-0.25, -0.2) is 0 Å². The van der Waals surface area contributed by atoms with Gasteiger partial charge >= 0.3 is 0 Å². The van der Waals surface area contributed by atoms with Gasteiger partial charge in [-0.2, -0.15) is 0 Å². The van der Waals surface area contributed by atoms with Gasteiger partial charge in [0.15, 0.2) is 0 Å². The van der Waals surface area contributed by atoms with Crippen LogP contribution in [0.15, 0.2) is 17.5 Å². The zero-order valence-corrected chi connectivity index (χ0v) is 12.8. The van der Waals surface area contributed by atoms with Gasteiger partial charge in [0.1, 0.15) is 0 Å². The van der Waals surface area contributed by atoms with E-state index in [1.54, 1.807) is 11.3 Å². The van der Waals surface area contributed by atoms with Crippen molar-refractivity contribution in [2.24, 2.45) is 11.7 Å². The van der Waals surface area contributed by atoms with Crippen molar-refractivity contribution >= 4 is 34.5 Å². The Morgan fingerprint density at radius 1 is 1.58 bits per heavy atom. The summed E-state index contributed by atoms with van der Waals surface area (Å²) in [4.78, 5) is 13.6. The zero-order valence-electron chi connectivity index (χ0n) is 11.1. The summed E-state index contributed by atoms with van der Waals surface area (Å²) in [6.45, 7) is 2.23. The predicted octanol–water partition coefficient (Wildman–Crippen LogP) is 2.64. The van der Waals surface area contributed by atoms with E-state index in [-0.39, 0.29) is 5.91 Å². The summed E-state index contributed by atoms with van der Waals surface area (Å²) in [7, 11) is 0. The van der Waals surface area contributed by atoms with Gasteiger partial charge in [0, 0.05) is 4.88 Å². The lowest BCUT2D eigenvalue weighted by Crippen LogP contribution is -2.58. The molecule has 0 aromatic carbocycles. The molecule has 1 aromatic rings. The summed E-state index contributed by atoms with van der Waals surface area (Å²) >= 11 is 6.79. The molecule has 1 fully saturated rings. The van der Waals surface area contributed by atoms with Crippen LogP contribution in [0.1, 0.15) is 37.5 Å². The fraction of sp³-hybridized carbons (Fsp3) is 0.571. The van der Waals surface area contributed by atoms with Crippen molar-refractivity contribution < 1.29 is 4.79 Å². The standard InChI is InChI=1S/C14H20N2OS2/c1-10-4-6-14(7-5-10,13(15)18)16-12(17)9-11-3-2-8-19-11/h2-3,8,10H,4-7,9H2,1H3,(H2,15,18)(H,16,17). The largest absolute Gasteiger partial charge is 0.391 e. The number of carbonyl (C=O) groups is 1. The summed E-state index contributed by atoms with van der Waals surface area (Å²) in [6.07, 6.45) is 4.27. The number of amides is 1. The molecule has 0 bridgehead atoms. The summed E-state index contributed by atoms with van der Waals surface area (Å²) in [5.74, 6) is 0.710. The van der Waals surface area contributed by atoms with Crippen LogP contribution in [0.3, 0.4) is 0 Å². The topological polar surface area (TPSA) is 55.1 Å². The fourth-order valence-corrected chi connectivity index (χ4v) is 3.53. The SMILES string of the molecule is CC1CCC(NC(=O)Cc2cccs2)(C(N)=S)CC1. The zero-order chi connectivity index (χ0) is 13.9. The summed E-state index contributed by atoms with van der Waals surface area (Å²) in [5.41, 5.74) is 5.43. The van der Waals surface area contributed by atoms with Crippen molar-refractivity contribution in [2.75, 3.05) is 0 Å². The van der Waals surface area contributed by atoms with E-state index >= 15 is 0 Å². The van der Waals surface area contributed by atoms with Crippen LogP contribution in [0.4, 0.5) is 0 Å². The first-order chi connectivity index (χ1) is 9.02. The molecule has 0 spiro atoms. The minimum atomic E-state index is -0.462. The van der Waals surface area contributed by atoms with E-state index in [0.29, 0.717) is 17.3 Å². The second-order valence-electron chi connectivity index (χ2n) is 5.43. The number of thiophene rings is 1. The Bertz CT molecular complexity index is 448. The van der Waals surface area contributed by atoms with Crippen molar-refractivity contribution in [3.8, 4) is 0 Å². The molecule has 0 radical (unpaired) electrons. The van der Waals surface area contributed by atoms with Crippen LogP contribution < -0.4 is 11.1 Å². The number of hydrogen-bond acceptors (Lipinski definition) is 3. The third-order valence-electron chi connectivity index (χ3n) is 3.89. The van der Waals surface area contributed by atoms with Gasteiger partial charge in [0.05, 0.1) is 16.9 Å². The van der Waals surface area contributed by atoms with Crippen LogP contribution in [0.2, 0.25) is 0 Å². The van der Waals surface area contributed by atoms with Crippen molar-refractivity contribution in [2.45, 2.75) is 44.6 Å². The Balaban J connectivity index is 2.01. The van der Waals surface area contributed by atoms with Crippen molar-refractivity contribution in [3.63, 3.8) is 0 Å². The molecule has 3 N–H and O–H groups in total. The minimum Gasteiger partial charge on any atom is -0.391 e. The Morgan fingerprint density at radius 2 is 2.26 bits per heavy atom. The van der Waals surface area contributed by atoms with E-state index in [4.69, 9.17) is 18.0 Å². The van der Waals surface area contributed by atoms with Gasteiger partial charge in [-0.1, -0.05) is 25.2 Å². The number of rotatable bonds is 4. The average molecular weight is 296 g/mol. The summed E-state index contributed by atoms with van der Waals surface area (Å²) in [6, 6.07) is 3.93. The summed E-state index contributed by atoms with van der Waals surface area (Å²) < 4.78 is 0. The molecule has 5 heteroatoms. The molecular weight excluding hydrogens is 276 g/mol. The number of carbonyl (C=O) groups excluding carboxylic acids is 1. The van der Waals surface area contributed by atoms with Gasteiger partial charge in [0.25, 0.3) is 0 Å². The summed E-state index contributed by atoms with van der Waals surface area (Å²) in [5, 5.41) is 5.07. The Morgan fingerprint density at radius 3 is 2.79 bits per heavy atom. The average Bonchev–Trinajstić information content (AvgIpc) is 2.84. The third-order valence-corrected chi connectivity index (χ3v) is 5.16. The van der Waals surface area contributed by atoms with Crippen LogP contribution in [0.5, 0.6) is 0 Å².